The highest BCUT2D eigenvalue weighted by Gasteiger charge is 2.38. The normalized spacial score (nSPS) is 17.1. The Morgan fingerprint density at radius 2 is 1.93 bits per heavy atom. The Bertz CT molecular complexity index is 936. The summed E-state index contributed by atoms with van der Waals surface area (Å²) >= 11 is 6.05. The minimum absolute atomic E-state index is 0.00651. The highest BCUT2D eigenvalue weighted by Crippen LogP contribution is 2.28. The van der Waals surface area contributed by atoms with Gasteiger partial charge in [-0.3, -0.25) is 14.4 Å². The standard InChI is InChI=1S/C21H20ClFN2O4/c1-13(20(27)24-11-14-6-2-3-7-16(14)22)29-21(28)15-10-19(26)25(12-15)18-9-5-4-8-17(18)23/h2-9,13,15H,10-12H2,1H3,(H,24,27)/t13-,15+/m1/s1. The van der Waals surface area contributed by atoms with Crippen molar-refractivity contribution in [3.63, 3.8) is 0 Å². The number of anilines is 1. The minimum Gasteiger partial charge on any atom is -0.452 e. The summed E-state index contributed by atoms with van der Waals surface area (Å²) in [5, 5.41) is 3.18. The maximum Gasteiger partial charge on any atom is 0.312 e. The number of para-hydroxylation sites is 1. The van der Waals surface area contributed by atoms with Crippen molar-refractivity contribution in [2.75, 3.05) is 11.4 Å². The molecule has 1 aliphatic rings. The van der Waals surface area contributed by atoms with E-state index in [-0.39, 0.29) is 31.1 Å². The molecule has 1 N–H and O–H groups in total. The smallest absolute Gasteiger partial charge is 0.312 e. The van der Waals surface area contributed by atoms with Crippen LogP contribution in [0, 0.1) is 11.7 Å². The summed E-state index contributed by atoms with van der Waals surface area (Å²) in [6, 6.07) is 12.9. The van der Waals surface area contributed by atoms with Gasteiger partial charge in [-0.2, -0.15) is 0 Å². The molecule has 0 saturated carbocycles. The molecule has 152 valence electrons. The van der Waals surface area contributed by atoms with Crippen LogP contribution in [-0.4, -0.2) is 30.4 Å². The van der Waals surface area contributed by atoms with Crippen LogP contribution in [-0.2, 0) is 25.7 Å². The second kappa shape index (κ2) is 9.05. The number of esters is 1. The molecule has 0 radical (unpaired) electrons. The third-order valence-corrected chi connectivity index (χ3v) is 5.04. The lowest BCUT2D eigenvalue weighted by Gasteiger charge is -2.18. The van der Waals surface area contributed by atoms with E-state index in [1.807, 2.05) is 0 Å². The molecule has 0 aromatic heterocycles. The Morgan fingerprint density at radius 3 is 2.66 bits per heavy atom. The molecular formula is C21H20ClFN2O4. The highest BCUT2D eigenvalue weighted by molar-refractivity contribution is 6.31. The van der Waals surface area contributed by atoms with E-state index < -0.39 is 29.7 Å². The van der Waals surface area contributed by atoms with Crippen LogP contribution in [0.4, 0.5) is 10.1 Å². The first-order chi connectivity index (χ1) is 13.9. The van der Waals surface area contributed by atoms with Gasteiger partial charge in [0.2, 0.25) is 5.91 Å². The summed E-state index contributed by atoms with van der Waals surface area (Å²) in [7, 11) is 0. The number of hydrogen-bond donors (Lipinski definition) is 1. The molecule has 2 aromatic rings. The average molecular weight is 419 g/mol. The van der Waals surface area contributed by atoms with Crippen molar-refractivity contribution in [3.05, 3.63) is 64.9 Å². The van der Waals surface area contributed by atoms with Gasteiger partial charge in [0.05, 0.1) is 11.6 Å². The van der Waals surface area contributed by atoms with Crippen LogP contribution in [0.5, 0.6) is 0 Å². The van der Waals surface area contributed by atoms with Gasteiger partial charge in [-0.15, -0.1) is 0 Å². The van der Waals surface area contributed by atoms with Crippen molar-refractivity contribution in [1.82, 2.24) is 5.32 Å². The van der Waals surface area contributed by atoms with Gasteiger partial charge in [-0.05, 0) is 30.7 Å². The van der Waals surface area contributed by atoms with Gasteiger partial charge < -0.3 is 15.0 Å². The van der Waals surface area contributed by atoms with Crippen LogP contribution in [0.15, 0.2) is 48.5 Å². The van der Waals surface area contributed by atoms with Crippen molar-refractivity contribution in [2.45, 2.75) is 26.0 Å². The van der Waals surface area contributed by atoms with E-state index in [2.05, 4.69) is 5.32 Å². The second-order valence-corrected chi connectivity index (χ2v) is 7.15. The molecule has 1 heterocycles. The number of ether oxygens (including phenoxy) is 1. The van der Waals surface area contributed by atoms with Crippen molar-refractivity contribution in [3.8, 4) is 0 Å². The summed E-state index contributed by atoms with van der Waals surface area (Å²) in [6.45, 7) is 1.65. The van der Waals surface area contributed by atoms with E-state index in [1.165, 1.54) is 30.0 Å². The molecule has 1 fully saturated rings. The molecule has 0 bridgehead atoms. The number of hydrogen-bond acceptors (Lipinski definition) is 4. The van der Waals surface area contributed by atoms with Gasteiger partial charge in [-0.25, -0.2) is 4.39 Å². The van der Waals surface area contributed by atoms with E-state index in [4.69, 9.17) is 16.3 Å². The SMILES string of the molecule is C[C@@H](OC(=O)[C@H]1CC(=O)N(c2ccccc2F)C1)C(=O)NCc1ccccc1Cl. The number of nitrogens with one attached hydrogen (secondary N) is 1. The fourth-order valence-corrected chi connectivity index (χ4v) is 3.26. The van der Waals surface area contributed by atoms with Gasteiger partial charge in [0.1, 0.15) is 5.82 Å². The maximum atomic E-state index is 13.9. The number of nitrogens with zero attached hydrogens (tertiary/aromatic N) is 1. The second-order valence-electron chi connectivity index (χ2n) is 6.75. The first-order valence-corrected chi connectivity index (χ1v) is 9.51. The molecule has 29 heavy (non-hydrogen) atoms. The number of carbonyl (C=O) groups excluding carboxylic acids is 3. The van der Waals surface area contributed by atoms with E-state index in [0.717, 1.165) is 5.56 Å². The Labute approximate surface area is 172 Å². The van der Waals surface area contributed by atoms with Gasteiger partial charge >= 0.3 is 5.97 Å². The van der Waals surface area contributed by atoms with E-state index >= 15 is 0 Å². The fourth-order valence-electron chi connectivity index (χ4n) is 3.06. The lowest BCUT2D eigenvalue weighted by atomic mass is 10.1. The molecule has 1 aliphatic heterocycles. The predicted octanol–water partition coefficient (Wildman–Crippen LogP) is 3.08. The molecule has 2 atom stereocenters. The minimum atomic E-state index is -1.04. The first-order valence-electron chi connectivity index (χ1n) is 9.13. The maximum absolute atomic E-state index is 13.9. The number of benzene rings is 2. The monoisotopic (exact) mass is 418 g/mol. The Hall–Kier alpha value is -2.93. The van der Waals surface area contributed by atoms with Crippen LogP contribution in [0.3, 0.4) is 0 Å². The zero-order chi connectivity index (χ0) is 21.0. The summed E-state index contributed by atoms with van der Waals surface area (Å²) in [4.78, 5) is 38.1. The summed E-state index contributed by atoms with van der Waals surface area (Å²) in [6.07, 6.45) is -1.14. The topological polar surface area (TPSA) is 75.7 Å². The third-order valence-electron chi connectivity index (χ3n) is 4.67. The van der Waals surface area contributed by atoms with E-state index in [1.54, 1.807) is 30.3 Å². The van der Waals surface area contributed by atoms with Crippen molar-refractivity contribution in [2.24, 2.45) is 5.92 Å². The van der Waals surface area contributed by atoms with Crippen LogP contribution >= 0.6 is 11.6 Å². The fraction of sp³-hybridized carbons (Fsp3) is 0.286. The molecule has 2 amide bonds. The number of amides is 2. The first kappa shape index (κ1) is 20.8. The number of carbonyl (C=O) groups is 3. The van der Waals surface area contributed by atoms with Crippen LogP contribution in [0.1, 0.15) is 18.9 Å². The summed E-state index contributed by atoms with van der Waals surface area (Å²) in [5.74, 6) is -2.82. The van der Waals surface area contributed by atoms with Crippen molar-refractivity contribution in [1.29, 1.82) is 0 Å². The highest BCUT2D eigenvalue weighted by atomic mass is 35.5. The van der Waals surface area contributed by atoms with Crippen molar-refractivity contribution >= 4 is 35.1 Å². The van der Waals surface area contributed by atoms with Gasteiger partial charge in [0, 0.05) is 24.5 Å². The zero-order valence-electron chi connectivity index (χ0n) is 15.7. The predicted molar refractivity (Wildman–Crippen MR) is 106 cm³/mol. The summed E-state index contributed by atoms with van der Waals surface area (Å²) < 4.78 is 19.2. The molecule has 0 spiro atoms. The zero-order valence-corrected chi connectivity index (χ0v) is 16.5. The van der Waals surface area contributed by atoms with Crippen LogP contribution < -0.4 is 10.2 Å². The lowest BCUT2D eigenvalue weighted by molar-refractivity contribution is -0.158. The van der Waals surface area contributed by atoms with Gasteiger partial charge in [0.25, 0.3) is 5.91 Å². The molecule has 1 saturated heterocycles. The van der Waals surface area contributed by atoms with Gasteiger partial charge in [-0.1, -0.05) is 41.9 Å². The van der Waals surface area contributed by atoms with E-state index in [9.17, 15) is 18.8 Å². The van der Waals surface area contributed by atoms with Crippen molar-refractivity contribution < 1.29 is 23.5 Å². The molecule has 8 heteroatoms. The quantitative estimate of drug-likeness (QED) is 0.731. The Morgan fingerprint density at radius 1 is 1.24 bits per heavy atom. The Kier molecular flexibility index (Phi) is 6.49. The molecule has 6 nitrogen and oxygen atoms in total. The Balaban J connectivity index is 1.54. The molecule has 2 aromatic carbocycles. The summed E-state index contributed by atoms with van der Waals surface area (Å²) in [5.41, 5.74) is 0.862. The lowest BCUT2D eigenvalue weighted by Crippen LogP contribution is -2.37. The average Bonchev–Trinajstić information content (AvgIpc) is 3.09. The number of rotatable bonds is 6. The molecular weight excluding hydrogens is 399 g/mol. The molecule has 0 aliphatic carbocycles. The van der Waals surface area contributed by atoms with Crippen LogP contribution in [0.25, 0.3) is 0 Å². The third kappa shape index (κ3) is 4.92. The van der Waals surface area contributed by atoms with Crippen LogP contribution in [0.2, 0.25) is 5.02 Å². The van der Waals surface area contributed by atoms with Gasteiger partial charge in [0.15, 0.2) is 6.10 Å². The largest absolute Gasteiger partial charge is 0.452 e. The number of halogens is 2. The van der Waals surface area contributed by atoms with E-state index in [0.29, 0.717) is 5.02 Å². The molecule has 3 rings (SSSR count). The molecule has 0 unspecified atom stereocenters.